The highest BCUT2D eigenvalue weighted by Crippen LogP contribution is 2.35. The summed E-state index contributed by atoms with van der Waals surface area (Å²) < 4.78 is 0. The summed E-state index contributed by atoms with van der Waals surface area (Å²) in [7, 11) is 1.84. The third kappa shape index (κ3) is 5.28. The van der Waals surface area contributed by atoms with E-state index >= 15 is 0 Å². The fraction of sp³-hybridized carbons (Fsp3) is 0.875. The van der Waals surface area contributed by atoms with Crippen molar-refractivity contribution in [1.29, 1.82) is 0 Å². The summed E-state index contributed by atoms with van der Waals surface area (Å²) in [6.07, 6.45) is 5.54. The molecule has 6 heteroatoms. The van der Waals surface area contributed by atoms with Crippen molar-refractivity contribution in [3.63, 3.8) is 0 Å². The zero-order valence-corrected chi connectivity index (χ0v) is 16.4. The molecule has 0 bridgehead atoms. The topological polar surface area (TPSA) is 56.7 Å². The number of rotatable bonds is 4. The first-order chi connectivity index (χ1) is 10.1. The van der Waals surface area contributed by atoms with Crippen LogP contribution in [0, 0.1) is 17.8 Å². The van der Waals surface area contributed by atoms with Gasteiger partial charge in [0.2, 0.25) is 5.91 Å². The lowest BCUT2D eigenvalue weighted by Crippen LogP contribution is -2.43. The molecule has 1 amide bonds. The highest BCUT2D eigenvalue weighted by atomic mass is 127. The lowest BCUT2D eigenvalue weighted by atomic mass is 9.82. The van der Waals surface area contributed by atoms with E-state index in [1.54, 1.807) is 0 Å². The summed E-state index contributed by atoms with van der Waals surface area (Å²) in [5, 5.41) is 6.30. The van der Waals surface area contributed by atoms with Gasteiger partial charge in [-0.3, -0.25) is 9.79 Å². The molecule has 1 aliphatic heterocycles. The molecule has 0 aromatic rings. The summed E-state index contributed by atoms with van der Waals surface area (Å²) in [5.41, 5.74) is 0. The highest BCUT2D eigenvalue weighted by molar-refractivity contribution is 14.0. The van der Waals surface area contributed by atoms with E-state index in [0.29, 0.717) is 6.54 Å². The molecule has 1 saturated carbocycles. The molecule has 128 valence electrons. The Labute approximate surface area is 151 Å². The van der Waals surface area contributed by atoms with Gasteiger partial charge >= 0.3 is 0 Å². The Balaban J connectivity index is 0.00000242. The molecule has 22 heavy (non-hydrogen) atoms. The predicted molar refractivity (Wildman–Crippen MR) is 102 cm³/mol. The van der Waals surface area contributed by atoms with Crippen LogP contribution in [-0.4, -0.2) is 50.0 Å². The van der Waals surface area contributed by atoms with Crippen molar-refractivity contribution in [3.05, 3.63) is 0 Å². The van der Waals surface area contributed by atoms with Crippen molar-refractivity contribution in [3.8, 4) is 0 Å². The monoisotopic (exact) mass is 422 g/mol. The van der Waals surface area contributed by atoms with Gasteiger partial charge in [-0.15, -0.1) is 24.0 Å². The van der Waals surface area contributed by atoms with Crippen molar-refractivity contribution in [1.82, 2.24) is 15.5 Å². The van der Waals surface area contributed by atoms with Gasteiger partial charge in [0.15, 0.2) is 5.96 Å². The maximum absolute atomic E-state index is 11.5. The molecule has 2 rings (SSSR count). The fourth-order valence-electron chi connectivity index (χ4n) is 3.48. The second-order valence-electron chi connectivity index (χ2n) is 6.63. The molecular weight excluding hydrogens is 391 g/mol. The van der Waals surface area contributed by atoms with Gasteiger partial charge in [-0.2, -0.15) is 0 Å². The summed E-state index contributed by atoms with van der Waals surface area (Å²) >= 11 is 0. The molecule has 2 aliphatic rings. The number of aliphatic imine (C=N–C) groups is 1. The van der Waals surface area contributed by atoms with Crippen LogP contribution in [0.25, 0.3) is 0 Å². The van der Waals surface area contributed by atoms with Crippen LogP contribution in [0.3, 0.4) is 0 Å². The largest absolute Gasteiger partial charge is 0.354 e. The first-order valence-corrected chi connectivity index (χ1v) is 8.35. The molecule has 2 atom stereocenters. The van der Waals surface area contributed by atoms with E-state index in [1.807, 2.05) is 20.9 Å². The Hall–Kier alpha value is -0.530. The van der Waals surface area contributed by atoms with Gasteiger partial charge in [-0.1, -0.05) is 26.7 Å². The van der Waals surface area contributed by atoms with Crippen molar-refractivity contribution in [2.24, 2.45) is 22.7 Å². The molecule has 1 aliphatic carbocycles. The van der Waals surface area contributed by atoms with Crippen LogP contribution in [0.2, 0.25) is 0 Å². The Kier molecular flexibility index (Phi) is 8.49. The Bertz CT molecular complexity index is 372. The second kappa shape index (κ2) is 9.57. The summed E-state index contributed by atoms with van der Waals surface area (Å²) in [4.78, 5) is 18.3. The van der Waals surface area contributed by atoms with E-state index in [2.05, 4.69) is 20.5 Å². The van der Waals surface area contributed by atoms with E-state index in [-0.39, 0.29) is 35.8 Å². The number of fused-ring (bicyclic) bond motifs is 1. The van der Waals surface area contributed by atoms with Gasteiger partial charge in [-0.25, -0.2) is 0 Å². The number of nitrogens with zero attached hydrogens (tertiary/aromatic N) is 2. The van der Waals surface area contributed by atoms with Crippen LogP contribution in [0.1, 0.15) is 39.5 Å². The van der Waals surface area contributed by atoms with Crippen LogP contribution < -0.4 is 10.6 Å². The van der Waals surface area contributed by atoms with Gasteiger partial charge < -0.3 is 15.5 Å². The lowest BCUT2D eigenvalue weighted by molar-refractivity contribution is -0.123. The first kappa shape index (κ1) is 19.5. The minimum atomic E-state index is 0. The van der Waals surface area contributed by atoms with Gasteiger partial charge in [0, 0.05) is 39.1 Å². The molecule has 2 fully saturated rings. The molecule has 2 unspecified atom stereocenters. The van der Waals surface area contributed by atoms with Crippen LogP contribution >= 0.6 is 24.0 Å². The SMILES string of the molecule is CN=C(NCCNC(=O)C(C)C)N1CC2CCCCC2C1.I. The average molecular weight is 422 g/mol. The minimum absolute atomic E-state index is 0. The van der Waals surface area contributed by atoms with Gasteiger partial charge in [0.05, 0.1) is 0 Å². The van der Waals surface area contributed by atoms with Crippen molar-refractivity contribution in [2.75, 3.05) is 33.2 Å². The van der Waals surface area contributed by atoms with Gasteiger partial charge in [0.1, 0.15) is 0 Å². The number of hydrogen-bond acceptors (Lipinski definition) is 2. The molecule has 5 nitrogen and oxygen atoms in total. The number of hydrogen-bond donors (Lipinski definition) is 2. The van der Waals surface area contributed by atoms with Crippen LogP contribution in [-0.2, 0) is 4.79 Å². The number of carbonyl (C=O) groups excluding carboxylic acids is 1. The fourth-order valence-corrected chi connectivity index (χ4v) is 3.48. The number of likely N-dealkylation sites (tertiary alicyclic amines) is 1. The molecular formula is C16H31IN4O. The Morgan fingerprint density at radius 3 is 2.18 bits per heavy atom. The number of guanidine groups is 1. The third-order valence-corrected chi connectivity index (χ3v) is 4.72. The molecule has 1 saturated heterocycles. The Morgan fingerprint density at radius 1 is 1.14 bits per heavy atom. The van der Waals surface area contributed by atoms with Crippen LogP contribution in [0.4, 0.5) is 0 Å². The van der Waals surface area contributed by atoms with Gasteiger partial charge in [-0.05, 0) is 24.7 Å². The zero-order chi connectivity index (χ0) is 15.2. The standard InChI is InChI=1S/C16H30N4O.HI/c1-12(2)15(21)18-8-9-19-16(17-3)20-10-13-6-4-5-7-14(13)11-20;/h12-14H,4-11H2,1-3H3,(H,17,19)(H,18,21);1H. The molecule has 2 N–H and O–H groups in total. The summed E-state index contributed by atoms with van der Waals surface area (Å²) in [6.45, 7) is 7.49. The third-order valence-electron chi connectivity index (χ3n) is 4.72. The number of nitrogens with one attached hydrogen (secondary N) is 2. The summed E-state index contributed by atoms with van der Waals surface area (Å²) in [6, 6.07) is 0. The molecule has 0 aromatic heterocycles. The zero-order valence-electron chi connectivity index (χ0n) is 14.1. The highest BCUT2D eigenvalue weighted by Gasteiger charge is 2.35. The van der Waals surface area contributed by atoms with E-state index in [1.165, 1.54) is 25.7 Å². The maximum atomic E-state index is 11.5. The molecule has 0 aromatic carbocycles. The van der Waals surface area contributed by atoms with Crippen molar-refractivity contribution >= 4 is 35.8 Å². The van der Waals surface area contributed by atoms with Crippen LogP contribution in [0.15, 0.2) is 4.99 Å². The predicted octanol–water partition coefficient (Wildman–Crippen LogP) is 2.07. The first-order valence-electron chi connectivity index (χ1n) is 8.35. The number of carbonyl (C=O) groups is 1. The number of halogens is 1. The van der Waals surface area contributed by atoms with Crippen molar-refractivity contribution in [2.45, 2.75) is 39.5 Å². The van der Waals surface area contributed by atoms with E-state index in [9.17, 15) is 4.79 Å². The maximum Gasteiger partial charge on any atom is 0.222 e. The average Bonchev–Trinajstić information content (AvgIpc) is 2.90. The smallest absolute Gasteiger partial charge is 0.222 e. The quantitative estimate of drug-likeness (QED) is 0.316. The van der Waals surface area contributed by atoms with Gasteiger partial charge in [0.25, 0.3) is 0 Å². The lowest BCUT2D eigenvalue weighted by Gasteiger charge is -2.22. The summed E-state index contributed by atoms with van der Waals surface area (Å²) in [5.74, 6) is 2.86. The van der Waals surface area contributed by atoms with E-state index in [4.69, 9.17) is 0 Å². The minimum Gasteiger partial charge on any atom is -0.354 e. The Morgan fingerprint density at radius 2 is 1.68 bits per heavy atom. The molecule has 0 radical (unpaired) electrons. The van der Waals surface area contributed by atoms with E-state index < -0.39 is 0 Å². The normalized spacial score (nSPS) is 24.7. The van der Waals surface area contributed by atoms with Crippen LogP contribution in [0.5, 0.6) is 0 Å². The van der Waals surface area contributed by atoms with Crippen molar-refractivity contribution < 1.29 is 4.79 Å². The molecule has 1 heterocycles. The molecule has 0 spiro atoms. The number of amides is 1. The second-order valence-corrected chi connectivity index (χ2v) is 6.63. The van der Waals surface area contributed by atoms with E-state index in [0.717, 1.165) is 37.4 Å².